The Morgan fingerprint density at radius 3 is 2.97 bits per heavy atom. The highest BCUT2D eigenvalue weighted by Crippen LogP contribution is 2.33. The van der Waals surface area contributed by atoms with Crippen LogP contribution in [0.3, 0.4) is 0 Å². The van der Waals surface area contributed by atoms with Gasteiger partial charge in [-0.05, 0) is 38.1 Å². The van der Waals surface area contributed by atoms with Crippen LogP contribution in [0.5, 0.6) is 0 Å². The normalized spacial score (nSPS) is 19.6. The third-order valence-electron chi connectivity index (χ3n) is 5.37. The molecule has 2 N–H and O–H groups in total. The molecule has 1 aliphatic heterocycles. The smallest absolute Gasteiger partial charge is 0.234 e. The Hall–Kier alpha value is -2.53. The van der Waals surface area contributed by atoms with Crippen LogP contribution in [0.15, 0.2) is 52.8 Å². The molecule has 1 aromatic carbocycles. The van der Waals surface area contributed by atoms with Gasteiger partial charge in [-0.3, -0.25) is 14.1 Å². The summed E-state index contributed by atoms with van der Waals surface area (Å²) >= 11 is 3.13. The Kier molecular flexibility index (Phi) is 6.09. The van der Waals surface area contributed by atoms with Crippen molar-refractivity contribution in [2.24, 2.45) is 0 Å². The van der Waals surface area contributed by atoms with Gasteiger partial charge in [0.2, 0.25) is 11.7 Å². The number of aromatic nitrogens is 4. The van der Waals surface area contributed by atoms with E-state index in [1.54, 1.807) is 18.0 Å². The van der Waals surface area contributed by atoms with Crippen LogP contribution >= 0.6 is 23.1 Å². The molecule has 1 amide bonds. The molecule has 0 bridgehead atoms. The third kappa shape index (κ3) is 4.78. The molecule has 10 heteroatoms. The summed E-state index contributed by atoms with van der Waals surface area (Å²) in [4.78, 5) is 29.1. The number of amides is 1. The van der Waals surface area contributed by atoms with E-state index >= 15 is 0 Å². The number of nitrogens with one attached hydrogen (secondary N) is 2. The molecule has 0 spiro atoms. The van der Waals surface area contributed by atoms with Gasteiger partial charge in [0.1, 0.15) is 5.03 Å². The van der Waals surface area contributed by atoms with Gasteiger partial charge in [0.25, 0.3) is 0 Å². The van der Waals surface area contributed by atoms with Gasteiger partial charge in [0, 0.05) is 55.4 Å². The number of hydrogen-bond acceptors (Lipinski definition) is 8. The summed E-state index contributed by atoms with van der Waals surface area (Å²) in [6.45, 7) is 7.08. The Morgan fingerprint density at radius 2 is 2.12 bits per heavy atom. The van der Waals surface area contributed by atoms with Crippen LogP contribution in [0.25, 0.3) is 16.0 Å². The van der Waals surface area contributed by atoms with Crippen molar-refractivity contribution in [2.75, 3.05) is 25.0 Å². The third-order valence-corrected chi connectivity index (χ3v) is 7.31. The summed E-state index contributed by atoms with van der Waals surface area (Å²) in [5, 5.41) is 8.15. The SMILES string of the molecule is CC1CN(CCC(=O)Nc2nc3ccc(Sc4cnc5ncccn45)cc3s2)CC(C)N1. The van der Waals surface area contributed by atoms with Gasteiger partial charge in [-0.1, -0.05) is 23.1 Å². The lowest BCUT2D eigenvalue weighted by atomic mass is 10.1. The van der Waals surface area contributed by atoms with Crippen molar-refractivity contribution in [3.8, 4) is 0 Å². The van der Waals surface area contributed by atoms with E-state index in [9.17, 15) is 4.79 Å². The van der Waals surface area contributed by atoms with E-state index in [0.717, 1.165) is 39.8 Å². The maximum absolute atomic E-state index is 12.5. The van der Waals surface area contributed by atoms with Gasteiger partial charge in [0.15, 0.2) is 5.13 Å². The van der Waals surface area contributed by atoms with Gasteiger partial charge >= 0.3 is 0 Å². The van der Waals surface area contributed by atoms with Gasteiger partial charge in [0.05, 0.1) is 16.4 Å². The Labute approximate surface area is 194 Å². The zero-order chi connectivity index (χ0) is 22.1. The molecule has 0 aliphatic carbocycles. The number of carbonyl (C=O) groups is 1. The highest BCUT2D eigenvalue weighted by Gasteiger charge is 2.21. The molecule has 2 atom stereocenters. The lowest BCUT2D eigenvalue weighted by Crippen LogP contribution is -2.54. The fourth-order valence-corrected chi connectivity index (χ4v) is 5.98. The average Bonchev–Trinajstić information content (AvgIpc) is 3.35. The van der Waals surface area contributed by atoms with Crippen molar-refractivity contribution in [2.45, 2.75) is 42.3 Å². The largest absolute Gasteiger partial charge is 0.309 e. The molecule has 3 aromatic heterocycles. The van der Waals surface area contributed by atoms with Crippen molar-refractivity contribution in [3.63, 3.8) is 0 Å². The van der Waals surface area contributed by atoms with Crippen molar-refractivity contribution in [1.82, 2.24) is 29.6 Å². The molecule has 2 unspecified atom stereocenters. The van der Waals surface area contributed by atoms with Crippen molar-refractivity contribution < 1.29 is 4.79 Å². The zero-order valence-electron chi connectivity index (χ0n) is 18.0. The molecule has 4 heterocycles. The molecule has 1 fully saturated rings. The van der Waals surface area contributed by atoms with Gasteiger partial charge in [-0.15, -0.1) is 0 Å². The first-order chi connectivity index (χ1) is 15.5. The summed E-state index contributed by atoms with van der Waals surface area (Å²) in [7, 11) is 0. The first-order valence-corrected chi connectivity index (χ1v) is 12.3. The van der Waals surface area contributed by atoms with Crippen LogP contribution < -0.4 is 10.6 Å². The molecule has 0 radical (unpaired) electrons. The second-order valence-corrected chi connectivity index (χ2v) is 10.3. The second kappa shape index (κ2) is 9.14. The molecule has 5 rings (SSSR count). The number of imidazole rings is 1. The van der Waals surface area contributed by atoms with Crippen LogP contribution in [0.2, 0.25) is 0 Å². The number of fused-ring (bicyclic) bond motifs is 2. The Bertz CT molecular complexity index is 1240. The molecular formula is C22H25N7OS2. The minimum absolute atomic E-state index is 0.00993. The maximum atomic E-state index is 12.5. The molecule has 4 aromatic rings. The number of thiazole rings is 1. The summed E-state index contributed by atoms with van der Waals surface area (Å²) in [6.07, 6.45) is 5.99. The Morgan fingerprint density at radius 1 is 1.28 bits per heavy atom. The van der Waals surface area contributed by atoms with E-state index in [-0.39, 0.29) is 5.91 Å². The minimum atomic E-state index is 0.00993. The monoisotopic (exact) mass is 467 g/mol. The summed E-state index contributed by atoms with van der Waals surface area (Å²) < 4.78 is 3.01. The standard InChI is InChI=1S/C22H25N7OS2/c1-14-12-28(13-15(2)25-14)9-6-19(30)27-22-26-17-5-4-16(10-18(17)32-22)31-20-11-24-21-23-7-3-8-29(20)21/h3-5,7-8,10-11,14-15,25H,6,9,12-13H2,1-2H3,(H,26,27,30). The van der Waals surface area contributed by atoms with E-state index in [1.165, 1.54) is 11.3 Å². The van der Waals surface area contributed by atoms with Crippen LogP contribution in [0.1, 0.15) is 20.3 Å². The Balaban J connectivity index is 1.22. The van der Waals surface area contributed by atoms with E-state index in [0.29, 0.717) is 29.4 Å². The minimum Gasteiger partial charge on any atom is -0.309 e. The van der Waals surface area contributed by atoms with Crippen LogP contribution in [0.4, 0.5) is 5.13 Å². The van der Waals surface area contributed by atoms with E-state index in [1.807, 2.05) is 35.0 Å². The number of benzene rings is 1. The van der Waals surface area contributed by atoms with Gasteiger partial charge in [-0.25, -0.2) is 15.0 Å². The zero-order valence-corrected chi connectivity index (χ0v) is 19.6. The number of piperazine rings is 1. The average molecular weight is 468 g/mol. The fraction of sp³-hybridized carbons (Fsp3) is 0.364. The molecule has 166 valence electrons. The first kappa shape index (κ1) is 21.3. The molecular weight excluding hydrogens is 442 g/mol. The number of carbonyl (C=O) groups excluding carboxylic acids is 1. The summed E-state index contributed by atoms with van der Waals surface area (Å²) in [5.41, 5.74) is 0.888. The number of anilines is 1. The summed E-state index contributed by atoms with van der Waals surface area (Å²) in [6, 6.07) is 8.94. The van der Waals surface area contributed by atoms with Gasteiger partial charge < -0.3 is 10.6 Å². The summed E-state index contributed by atoms with van der Waals surface area (Å²) in [5.74, 6) is 0.694. The number of rotatable bonds is 6. The topological polar surface area (TPSA) is 87.5 Å². The van der Waals surface area contributed by atoms with E-state index in [2.05, 4.69) is 50.4 Å². The predicted molar refractivity (Wildman–Crippen MR) is 128 cm³/mol. The lowest BCUT2D eigenvalue weighted by molar-refractivity contribution is -0.116. The van der Waals surface area contributed by atoms with Crippen molar-refractivity contribution >= 4 is 50.1 Å². The fourth-order valence-electron chi connectivity index (χ4n) is 4.09. The molecule has 32 heavy (non-hydrogen) atoms. The highest BCUT2D eigenvalue weighted by molar-refractivity contribution is 7.99. The number of hydrogen-bond donors (Lipinski definition) is 2. The molecule has 0 saturated carbocycles. The second-order valence-electron chi connectivity index (χ2n) is 8.16. The predicted octanol–water partition coefficient (Wildman–Crippen LogP) is 3.50. The molecule has 8 nitrogen and oxygen atoms in total. The van der Waals surface area contributed by atoms with Crippen LogP contribution in [0, 0.1) is 0 Å². The molecule has 1 aliphatic rings. The van der Waals surface area contributed by atoms with Crippen molar-refractivity contribution in [3.05, 3.63) is 42.9 Å². The lowest BCUT2D eigenvalue weighted by Gasteiger charge is -2.35. The first-order valence-electron chi connectivity index (χ1n) is 10.7. The maximum Gasteiger partial charge on any atom is 0.234 e. The van der Waals surface area contributed by atoms with E-state index in [4.69, 9.17) is 0 Å². The van der Waals surface area contributed by atoms with Crippen LogP contribution in [-0.4, -0.2) is 61.9 Å². The quantitative estimate of drug-likeness (QED) is 0.449. The van der Waals surface area contributed by atoms with Crippen molar-refractivity contribution in [1.29, 1.82) is 0 Å². The van der Waals surface area contributed by atoms with Crippen LogP contribution in [-0.2, 0) is 4.79 Å². The number of nitrogens with zero attached hydrogens (tertiary/aromatic N) is 5. The molecule has 1 saturated heterocycles. The van der Waals surface area contributed by atoms with E-state index < -0.39 is 0 Å². The highest BCUT2D eigenvalue weighted by atomic mass is 32.2. The van der Waals surface area contributed by atoms with Gasteiger partial charge in [-0.2, -0.15) is 0 Å².